The Balaban J connectivity index is 3.31. The zero-order chi connectivity index (χ0) is 9.19. The quantitative estimate of drug-likeness (QED) is 0.720. The summed E-state index contributed by atoms with van der Waals surface area (Å²) >= 11 is 0. The minimum atomic E-state index is -2.31. The zero-order valence-corrected chi connectivity index (χ0v) is 7.84. The van der Waals surface area contributed by atoms with Gasteiger partial charge in [-0.05, 0) is 18.2 Å². The highest BCUT2D eigenvalue weighted by atomic mass is 32.2. The molecule has 1 atom stereocenters. The summed E-state index contributed by atoms with van der Waals surface area (Å²) < 4.78 is 15.4. The van der Waals surface area contributed by atoms with Gasteiger partial charge in [-0.15, -0.1) is 0 Å². The summed E-state index contributed by atoms with van der Waals surface area (Å²) in [5.74, 6) is 0.116. The number of hydrogen-bond donors (Lipinski definition) is 1. The minimum Gasteiger partial charge on any atom is -0.508 e. The van der Waals surface area contributed by atoms with Gasteiger partial charge in [0, 0.05) is 13.3 Å². The van der Waals surface area contributed by atoms with Crippen LogP contribution in [0.2, 0.25) is 0 Å². The number of nitrogens with zero attached hydrogens (tertiary/aromatic N) is 1. The van der Waals surface area contributed by atoms with E-state index in [2.05, 4.69) is 4.36 Å². The number of phenolic OH excluding ortho intramolecular Hbond substituents is 1. The van der Waals surface area contributed by atoms with Crippen LogP contribution in [0.25, 0.3) is 0 Å². The number of rotatable bonds is 1. The molecule has 4 heteroatoms. The fourth-order valence-electron chi connectivity index (χ4n) is 0.825. The Morgan fingerprint density at radius 1 is 1.50 bits per heavy atom. The molecule has 1 unspecified atom stereocenters. The van der Waals surface area contributed by atoms with Crippen LogP contribution >= 0.6 is 0 Å². The third-order valence-corrected chi connectivity index (χ3v) is 3.43. The zero-order valence-electron chi connectivity index (χ0n) is 7.02. The van der Waals surface area contributed by atoms with E-state index in [1.165, 1.54) is 19.2 Å². The molecule has 0 fully saturated rings. The van der Waals surface area contributed by atoms with E-state index < -0.39 is 9.73 Å². The molecule has 0 aliphatic rings. The van der Waals surface area contributed by atoms with Gasteiger partial charge in [0.15, 0.2) is 0 Å². The van der Waals surface area contributed by atoms with Crippen molar-refractivity contribution in [1.29, 1.82) is 0 Å². The Kier molecular flexibility index (Phi) is 2.38. The molecule has 1 aromatic carbocycles. The molecule has 0 aliphatic carbocycles. The Morgan fingerprint density at radius 2 is 2.17 bits per heavy atom. The summed E-state index contributed by atoms with van der Waals surface area (Å²) in [4.78, 5) is 0.560. The number of hydrogen-bond acceptors (Lipinski definition) is 3. The molecular weight excluding hydrogens is 174 g/mol. The van der Waals surface area contributed by atoms with Crippen molar-refractivity contribution in [2.75, 3.05) is 13.3 Å². The van der Waals surface area contributed by atoms with Crippen molar-refractivity contribution in [3.8, 4) is 5.75 Å². The Morgan fingerprint density at radius 3 is 2.67 bits per heavy atom. The molecule has 0 aliphatic heterocycles. The van der Waals surface area contributed by atoms with E-state index in [-0.39, 0.29) is 5.75 Å². The van der Waals surface area contributed by atoms with Gasteiger partial charge in [-0.1, -0.05) is 6.07 Å². The van der Waals surface area contributed by atoms with E-state index in [1.807, 2.05) is 0 Å². The van der Waals surface area contributed by atoms with Crippen LogP contribution in [0, 0.1) is 0 Å². The summed E-state index contributed by atoms with van der Waals surface area (Å²) in [7, 11) is -0.799. The molecule has 1 rings (SSSR count). The van der Waals surface area contributed by atoms with Gasteiger partial charge in [-0.2, -0.15) is 0 Å². The second-order valence-corrected chi connectivity index (χ2v) is 4.92. The summed E-state index contributed by atoms with van der Waals surface area (Å²) in [5, 5.41) is 9.10. The Bertz CT molecular complexity index is 392. The van der Waals surface area contributed by atoms with Crippen molar-refractivity contribution < 1.29 is 9.32 Å². The summed E-state index contributed by atoms with van der Waals surface area (Å²) in [6.45, 7) is 0. The molecule has 0 radical (unpaired) electrons. The SMILES string of the molecule is CN=S(C)(=O)c1cccc(O)c1. The predicted octanol–water partition coefficient (Wildman–Crippen LogP) is 1.48. The van der Waals surface area contributed by atoms with Crippen LogP contribution in [0.1, 0.15) is 0 Å². The molecule has 0 heterocycles. The van der Waals surface area contributed by atoms with Gasteiger partial charge in [-0.25, -0.2) is 8.57 Å². The fourth-order valence-corrected chi connectivity index (χ4v) is 1.71. The lowest BCUT2D eigenvalue weighted by Gasteiger charge is -2.02. The third-order valence-electron chi connectivity index (χ3n) is 1.60. The largest absolute Gasteiger partial charge is 0.508 e. The first kappa shape index (κ1) is 9.06. The Hall–Kier alpha value is -1.03. The second-order valence-electron chi connectivity index (χ2n) is 2.48. The van der Waals surface area contributed by atoms with Crippen molar-refractivity contribution in [2.45, 2.75) is 4.90 Å². The lowest BCUT2D eigenvalue weighted by Crippen LogP contribution is -1.95. The van der Waals surface area contributed by atoms with E-state index in [1.54, 1.807) is 18.4 Å². The maximum absolute atomic E-state index is 11.6. The molecule has 1 N–H and O–H groups in total. The summed E-state index contributed by atoms with van der Waals surface area (Å²) in [5.41, 5.74) is 0. The first-order valence-electron chi connectivity index (χ1n) is 3.45. The van der Waals surface area contributed by atoms with E-state index >= 15 is 0 Å². The topological polar surface area (TPSA) is 49.7 Å². The first-order valence-corrected chi connectivity index (χ1v) is 5.38. The van der Waals surface area contributed by atoms with Crippen LogP contribution < -0.4 is 0 Å². The monoisotopic (exact) mass is 185 g/mol. The molecule has 3 nitrogen and oxygen atoms in total. The molecule has 0 spiro atoms. The number of benzene rings is 1. The van der Waals surface area contributed by atoms with Crippen LogP contribution in [0.4, 0.5) is 0 Å². The molecule has 1 aromatic rings. The lowest BCUT2D eigenvalue weighted by molar-refractivity contribution is 0.473. The van der Waals surface area contributed by atoms with Gasteiger partial charge in [0.05, 0.1) is 14.6 Å². The Labute approximate surface area is 72.2 Å². The van der Waals surface area contributed by atoms with Gasteiger partial charge in [0.1, 0.15) is 5.75 Å². The normalized spacial score (nSPS) is 15.2. The molecule has 12 heavy (non-hydrogen) atoms. The summed E-state index contributed by atoms with van der Waals surface area (Å²) in [6, 6.07) is 6.35. The second kappa shape index (κ2) is 3.15. The van der Waals surface area contributed by atoms with Crippen molar-refractivity contribution in [3.05, 3.63) is 24.3 Å². The molecule has 0 amide bonds. The smallest absolute Gasteiger partial charge is 0.116 e. The predicted molar refractivity (Wildman–Crippen MR) is 48.8 cm³/mol. The minimum absolute atomic E-state index is 0.116. The average molecular weight is 185 g/mol. The van der Waals surface area contributed by atoms with Crippen LogP contribution in [0.15, 0.2) is 33.5 Å². The van der Waals surface area contributed by atoms with Crippen LogP contribution in [-0.4, -0.2) is 22.6 Å². The van der Waals surface area contributed by atoms with E-state index in [4.69, 9.17) is 5.11 Å². The van der Waals surface area contributed by atoms with Crippen molar-refractivity contribution >= 4 is 9.73 Å². The van der Waals surface area contributed by atoms with Gasteiger partial charge in [-0.3, -0.25) is 0 Å². The standard InChI is InChI=1S/C8H11NO2S/c1-9-12(2,11)8-5-3-4-7(10)6-8/h3-6,10H,1-2H3. The molecule has 0 saturated heterocycles. The molecular formula is C8H11NO2S. The molecule has 0 saturated carbocycles. The van der Waals surface area contributed by atoms with E-state index in [0.717, 1.165) is 0 Å². The first-order chi connectivity index (χ1) is 5.56. The van der Waals surface area contributed by atoms with Gasteiger partial charge in [0.2, 0.25) is 0 Å². The highest BCUT2D eigenvalue weighted by Gasteiger charge is 2.03. The van der Waals surface area contributed by atoms with Crippen molar-refractivity contribution in [2.24, 2.45) is 4.36 Å². The average Bonchev–Trinajstić information content (AvgIpc) is 2.05. The highest BCUT2D eigenvalue weighted by Crippen LogP contribution is 2.16. The van der Waals surface area contributed by atoms with Crippen molar-refractivity contribution in [3.63, 3.8) is 0 Å². The number of phenols is 1. The van der Waals surface area contributed by atoms with Crippen LogP contribution in [-0.2, 0) is 9.73 Å². The van der Waals surface area contributed by atoms with E-state index in [9.17, 15) is 4.21 Å². The van der Waals surface area contributed by atoms with Gasteiger partial charge < -0.3 is 5.11 Å². The molecule has 0 aromatic heterocycles. The summed E-state index contributed by atoms with van der Waals surface area (Å²) in [6.07, 6.45) is 1.54. The van der Waals surface area contributed by atoms with Crippen LogP contribution in [0.5, 0.6) is 5.75 Å². The van der Waals surface area contributed by atoms with Gasteiger partial charge in [0.25, 0.3) is 0 Å². The number of aromatic hydroxyl groups is 1. The fraction of sp³-hybridized carbons (Fsp3) is 0.250. The van der Waals surface area contributed by atoms with Crippen molar-refractivity contribution in [1.82, 2.24) is 0 Å². The van der Waals surface area contributed by atoms with E-state index in [0.29, 0.717) is 4.90 Å². The highest BCUT2D eigenvalue weighted by molar-refractivity contribution is 7.93. The maximum atomic E-state index is 11.6. The maximum Gasteiger partial charge on any atom is 0.116 e. The molecule has 66 valence electrons. The van der Waals surface area contributed by atoms with Gasteiger partial charge >= 0.3 is 0 Å². The molecule has 0 bridgehead atoms. The van der Waals surface area contributed by atoms with Crippen LogP contribution in [0.3, 0.4) is 0 Å². The third kappa shape index (κ3) is 1.76. The lowest BCUT2D eigenvalue weighted by atomic mass is 10.3.